The second kappa shape index (κ2) is 8.67. The Morgan fingerprint density at radius 1 is 1.21 bits per heavy atom. The zero-order valence-corrected chi connectivity index (χ0v) is 17.5. The van der Waals surface area contributed by atoms with E-state index in [2.05, 4.69) is 26.0 Å². The third kappa shape index (κ3) is 4.31. The number of aromatic nitrogens is 3. The van der Waals surface area contributed by atoms with E-state index in [1.54, 1.807) is 6.07 Å². The number of hydrogen-bond acceptors (Lipinski definition) is 4. The monoisotopic (exact) mass is 400 g/mol. The standard InChI is InChI=1S/C21H25FN4OS/c1-5-25-20(17-8-6-7-15(2)11-17)23-26(21(25)28)14-24(3)13-16-9-10-19(27-4)18(22)12-16/h6-12H,5,13-14H2,1-4H3. The number of methoxy groups -OCH3 is 1. The summed E-state index contributed by atoms with van der Waals surface area (Å²) in [7, 11) is 3.42. The van der Waals surface area contributed by atoms with Crippen molar-refractivity contribution in [3.05, 3.63) is 64.2 Å². The lowest BCUT2D eigenvalue weighted by atomic mass is 10.1. The summed E-state index contributed by atoms with van der Waals surface area (Å²) in [6, 6.07) is 13.2. The Labute approximate surface area is 170 Å². The predicted octanol–water partition coefficient (Wildman–Crippen LogP) is 4.65. The van der Waals surface area contributed by atoms with E-state index in [4.69, 9.17) is 22.1 Å². The summed E-state index contributed by atoms with van der Waals surface area (Å²) in [5.74, 6) is 0.750. The Kier molecular flexibility index (Phi) is 6.26. The Hall–Kier alpha value is -2.51. The third-order valence-electron chi connectivity index (χ3n) is 4.56. The number of benzene rings is 2. The van der Waals surface area contributed by atoms with Gasteiger partial charge in [-0.1, -0.05) is 29.8 Å². The Balaban J connectivity index is 1.82. The maximum atomic E-state index is 13.9. The van der Waals surface area contributed by atoms with Gasteiger partial charge in [-0.2, -0.15) is 5.10 Å². The summed E-state index contributed by atoms with van der Waals surface area (Å²) < 4.78 is 23.4. The first-order valence-corrected chi connectivity index (χ1v) is 9.59. The molecule has 148 valence electrons. The fourth-order valence-electron chi connectivity index (χ4n) is 3.21. The van der Waals surface area contributed by atoms with Gasteiger partial charge in [-0.15, -0.1) is 0 Å². The van der Waals surface area contributed by atoms with E-state index in [0.29, 0.717) is 18.0 Å². The molecule has 0 unspecified atom stereocenters. The van der Waals surface area contributed by atoms with Gasteiger partial charge in [0, 0.05) is 18.7 Å². The van der Waals surface area contributed by atoms with Gasteiger partial charge in [0.2, 0.25) is 0 Å². The van der Waals surface area contributed by atoms with Crippen LogP contribution in [0.5, 0.6) is 5.75 Å². The van der Waals surface area contributed by atoms with Crippen molar-refractivity contribution in [1.82, 2.24) is 19.2 Å². The molecule has 0 radical (unpaired) electrons. The number of nitrogens with zero attached hydrogens (tertiary/aromatic N) is 4. The van der Waals surface area contributed by atoms with Gasteiger partial charge in [0.25, 0.3) is 0 Å². The normalized spacial score (nSPS) is 11.2. The second-order valence-electron chi connectivity index (χ2n) is 6.84. The molecule has 0 fully saturated rings. The van der Waals surface area contributed by atoms with Gasteiger partial charge in [0.1, 0.15) is 0 Å². The lowest BCUT2D eigenvalue weighted by Crippen LogP contribution is -2.22. The minimum Gasteiger partial charge on any atom is -0.494 e. The van der Waals surface area contributed by atoms with Gasteiger partial charge in [-0.3, -0.25) is 4.90 Å². The molecule has 0 N–H and O–H groups in total. The molecule has 0 bridgehead atoms. The lowest BCUT2D eigenvalue weighted by Gasteiger charge is -2.17. The van der Waals surface area contributed by atoms with Crippen molar-refractivity contribution >= 4 is 12.2 Å². The van der Waals surface area contributed by atoms with Crippen LogP contribution in [0, 0.1) is 17.5 Å². The van der Waals surface area contributed by atoms with Crippen molar-refractivity contribution in [1.29, 1.82) is 0 Å². The van der Waals surface area contributed by atoms with Gasteiger partial charge < -0.3 is 9.30 Å². The summed E-state index contributed by atoms with van der Waals surface area (Å²) in [5.41, 5.74) is 3.09. The molecule has 3 aromatic rings. The van der Waals surface area contributed by atoms with Crippen molar-refractivity contribution in [3.8, 4) is 17.1 Å². The van der Waals surface area contributed by atoms with E-state index in [1.807, 2.05) is 39.4 Å². The molecule has 3 rings (SSSR count). The Bertz CT molecular complexity index is 1030. The maximum absolute atomic E-state index is 13.9. The molecule has 5 nitrogen and oxygen atoms in total. The molecule has 0 saturated carbocycles. The van der Waals surface area contributed by atoms with E-state index in [1.165, 1.54) is 18.7 Å². The molecular formula is C21H25FN4OS. The van der Waals surface area contributed by atoms with Crippen molar-refractivity contribution in [2.75, 3.05) is 14.2 Å². The van der Waals surface area contributed by atoms with Crippen molar-refractivity contribution in [3.63, 3.8) is 0 Å². The van der Waals surface area contributed by atoms with E-state index in [-0.39, 0.29) is 11.6 Å². The molecule has 0 spiro atoms. The van der Waals surface area contributed by atoms with Gasteiger partial charge in [0.15, 0.2) is 22.2 Å². The highest BCUT2D eigenvalue weighted by Gasteiger charge is 2.13. The van der Waals surface area contributed by atoms with Gasteiger partial charge in [-0.05, 0) is 56.9 Å². The smallest absolute Gasteiger partial charge is 0.199 e. The molecule has 0 atom stereocenters. The minimum atomic E-state index is -0.359. The molecule has 1 aromatic heterocycles. The summed E-state index contributed by atoms with van der Waals surface area (Å²) in [4.78, 5) is 2.05. The quantitative estimate of drug-likeness (QED) is 0.541. The second-order valence-corrected chi connectivity index (χ2v) is 7.21. The van der Waals surface area contributed by atoms with Crippen LogP contribution in [0.3, 0.4) is 0 Å². The highest BCUT2D eigenvalue weighted by atomic mass is 32.1. The van der Waals surface area contributed by atoms with Crippen LogP contribution in [0.25, 0.3) is 11.4 Å². The first-order valence-electron chi connectivity index (χ1n) is 9.18. The van der Waals surface area contributed by atoms with Crippen LogP contribution in [0.4, 0.5) is 4.39 Å². The van der Waals surface area contributed by atoms with E-state index in [0.717, 1.165) is 23.5 Å². The van der Waals surface area contributed by atoms with E-state index < -0.39 is 0 Å². The minimum absolute atomic E-state index is 0.248. The van der Waals surface area contributed by atoms with Gasteiger partial charge in [-0.25, -0.2) is 9.07 Å². The Morgan fingerprint density at radius 3 is 2.64 bits per heavy atom. The molecule has 0 aliphatic carbocycles. The number of rotatable bonds is 7. The summed E-state index contributed by atoms with van der Waals surface area (Å²) in [6.07, 6.45) is 0. The molecular weight excluding hydrogens is 375 g/mol. The fraction of sp³-hybridized carbons (Fsp3) is 0.333. The zero-order chi connectivity index (χ0) is 20.3. The van der Waals surface area contributed by atoms with Crippen molar-refractivity contribution in [2.45, 2.75) is 33.6 Å². The average molecular weight is 401 g/mol. The van der Waals surface area contributed by atoms with Gasteiger partial charge >= 0.3 is 0 Å². The van der Waals surface area contributed by atoms with Crippen LogP contribution < -0.4 is 4.74 Å². The highest BCUT2D eigenvalue weighted by molar-refractivity contribution is 7.71. The maximum Gasteiger partial charge on any atom is 0.199 e. The summed E-state index contributed by atoms with van der Waals surface area (Å²) in [5, 5.41) is 4.76. The van der Waals surface area contributed by atoms with Crippen LogP contribution in [0.1, 0.15) is 18.1 Å². The molecule has 0 saturated heterocycles. The number of hydrogen-bond donors (Lipinski definition) is 0. The van der Waals surface area contributed by atoms with E-state index in [9.17, 15) is 4.39 Å². The molecule has 0 aliphatic rings. The van der Waals surface area contributed by atoms with Crippen LogP contribution in [0.2, 0.25) is 0 Å². The third-order valence-corrected chi connectivity index (χ3v) is 4.99. The van der Waals surface area contributed by atoms with Crippen molar-refractivity contribution in [2.24, 2.45) is 0 Å². The number of aryl methyl sites for hydroxylation is 1. The van der Waals surface area contributed by atoms with Crippen LogP contribution >= 0.6 is 12.2 Å². The molecule has 0 amide bonds. The summed E-state index contributed by atoms with van der Waals surface area (Å²) in [6.45, 7) is 5.95. The number of halogens is 1. The van der Waals surface area contributed by atoms with Gasteiger partial charge in [0.05, 0.1) is 13.8 Å². The van der Waals surface area contributed by atoms with Crippen LogP contribution in [-0.2, 0) is 19.8 Å². The topological polar surface area (TPSA) is 35.2 Å². The molecule has 2 aromatic carbocycles. The highest BCUT2D eigenvalue weighted by Crippen LogP contribution is 2.21. The molecule has 7 heteroatoms. The number of ether oxygens (including phenoxy) is 1. The van der Waals surface area contributed by atoms with E-state index >= 15 is 0 Å². The van der Waals surface area contributed by atoms with Crippen LogP contribution in [-0.4, -0.2) is 33.4 Å². The Morgan fingerprint density at radius 2 is 2.00 bits per heavy atom. The summed E-state index contributed by atoms with van der Waals surface area (Å²) >= 11 is 5.64. The fourth-order valence-corrected chi connectivity index (χ4v) is 3.53. The average Bonchev–Trinajstić information content (AvgIpc) is 2.97. The zero-order valence-electron chi connectivity index (χ0n) is 16.6. The first kappa shape index (κ1) is 20.2. The van der Waals surface area contributed by atoms with Crippen LogP contribution in [0.15, 0.2) is 42.5 Å². The predicted molar refractivity (Wildman–Crippen MR) is 111 cm³/mol. The SMILES string of the molecule is CCn1c(-c2cccc(C)c2)nn(CN(C)Cc2ccc(OC)c(F)c2)c1=S. The molecule has 28 heavy (non-hydrogen) atoms. The largest absolute Gasteiger partial charge is 0.494 e. The lowest BCUT2D eigenvalue weighted by molar-refractivity contribution is 0.243. The molecule has 0 aliphatic heterocycles. The van der Waals surface area contributed by atoms with Crippen molar-refractivity contribution < 1.29 is 9.13 Å². The molecule has 1 heterocycles. The first-order chi connectivity index (χ1) is 13.4.